The fourth-order valence-corrected chi connectivity index (χ4v) is 2.21. The Morgan fingerprint density at radius 1 is 1.17 bits per heavy atom. The predicted molar refractivity (Wildman–Crippen MR) is 88.2 cm³/mol. The smallest absolute Gasteiger partial charge is 0.270 e. The highest BCUT2D eigenvalue weighted by Crippen LogP contribution is 2.26. The lowest BCUT2D eigenvalue weighted by atomic mass is 10.1. The molecule has 0 fully saturated rings. The summed E-state index contributed by atoms with van der Waals surface area (Å²) in [4.78, 5) is 4.32. The van der Waals surface area contributed by atoms with Crippen molar-refractivity contribution in [1.82, 2.24) is 0 Å². The number of aliphatic imine (C=N–C) groups is 1. The van der Waals surface area contributed by atoms with E-state index in [0.717, 1.165) is 29.4 Å². The number of amidine groups is 1. The Hall–Kier alpha value is -2.43. The van der Waals surface area contributed by atoms with Crippen LogP contribution in [0, 0.1) is 6.92 Å². The molecule has 122 valence electrons. The third-order valence-corrected chi connectivity index (χ3v) is 3.58. The van der Waals surface area contributed by atoms with Crippen molar-refractivity contribution in [3.8, 4) is 5.75 Å². The van der Waals surface area contributed by atoms with Gasteiger partial charge in [0.25, 0.3) is 5.92 Å². The van der Waals surface area contributed by atoms with Crippen molar-refractivity contribution in [2.75, 3.05) is 7.11 Å². The van der Waals surface area contributed by atoms with E-state index >= 15 is 0 Å². The van der Waals surface area contributed by atoms with Crippen molar-refractivity contribution in [3.05, 3.63) is 64.7 Å². The van der Waals surface area contributed by atoms with Crippen molar-refractivity contribution in [2.45, 2.75) is 26.3 Å². The summed E-state index contributed by atoms with van der Waals surface area (Å²) in [6.45, 7) is 3.15. The maximum absolute atomic E-state index is 13.2. The molecule has 0 heterocycles. The molecule has 2 aromatic carbocycles. The van der Waals surface area contributed by atoms with E-state index in [2.05, 4.69) is 4.99 Å². The van der Waals surface area contributed by atoms with E-state index in [1.54, 1.807) is 19.2 Å². The van der Waals surface area contributed by atoms with Gasteiger partial charge in [0.15, 0.2) is 0 Å². The number of halogens is 2. The molecule has 0 aliphatic rings. The van der Waals surface area contributed by atoms with Crippen molar-refractivity contribution >= 4 is 5.84 Å². The number of benzene rings is 2. The van der Waals surface area contributed by atoms with Gasteiger partial charge in [0.2, 0.25) is 0 Å². The normalized spacial score (nSPS) is 12.3. The quantitative estimate of drug-likeness (QED) is 0.668. The maximum atomic E-state index is 13.2. The number of rotatable bonds is 5. The standard InChI is InChI=1S/C18H20F2N2O/c1-12-10-14(6-9-16(12)23-3)17(21)22-11-13-4-7-15(8-5-13)18(2,19)20/h4-10H,11H2,1-3H3,(H2,21,22). The molecule has 0 saturated carbocycles. The van der Waals surface area contributed by atoms with Gasteiger partial charge in [-0.3, -0.25) is 4.99 Å². The number of nitrogens with zero attached hydrogens (tertiary/aromatic N) is 1. The predicted octanol–water partition coefficient (Wildman–Crippen LogP) is 4.02. The molecule has 0 radical (unpaired) electrons. The van der Waals surface area contributed by atoms with Crippen LogP contribution in [-0.4, -0.2) is 12.9 Å². The molecule has 3 nitrogen and oxygen atoms in total. The van der Waals surface area contributed by atoms with Crippen LogP contribution in [0.25, 0.3) is 0 Å². The van der Waals surface area contributed by atoms with Crippen molar-refractivity contribution in [1.29, 1.82) is 0 Å². The van der Waals surface area contributed by atoms with E-state index < -0.39 is 5.92 Å². The molecule has 2 N–H and O–H groups in total. The Morgan fingerprint density at radius 3 is 2.35 bits per heavy atom. The molecule has 0 unspecified atom stereocenters. The number of alkyl halides is 2. The minimum absolute atomic E-state index is 0.0102. The summed E-state index contributed by atoms with van der Waals surface area (Å²) in [7, 11) is 1.61. The number of hydrogen-bond donors (Lipinski definition) is 1. The van der Waals surface area contributed by atoms with Gasteiger partial charge in [-0.2, -0.15) is 0 Å². The first-order valence-corrected chi connectivity index (χ1v) is 7.23. The van der Waals surface area contributed by atoms with Crippen LogP contribution in [0.4, 0.5) is 8.78 Å². The summed E-state index contributed by atoms with van der Waals surface area (Å²) in [6, 6.07) is 11.7. The van der Waals surface area contributed by atoms with Gasteiger partial charge in [-0.25, -0.2) is 8.78 Å². The summed E-state index contributed by atoms with van der Waals surface area (Å²) in [6.07, 6.45) is 0. The van der Waals surface area contributed by atoms with Gasteiger partial charge < -0.3 is 10.5 Å². The zero-order valence-electron chi connectivity index (χ0n) is 13.4. The van der Waals surface area contributed by atoms with Crippen LogP contribution in [0.1, 0.15) is 29.2 Å². The Kier molecular flexibility index (Phi) is 4.98. The third-order valence-electron chi connectivity index (χ3n) is 3.58. The van der Waals surface area contributed by atoms with Crippen LogP contribution < -0.4 is 10.5 Å². The van der Waals surface area contributed by atoms with Gasteiger partial charge in [0, 0.05) is 18.1 Å². The van der Waals surface area contributed by atoms with Crippen LogP contribution in [0.5, 0.6) is 5.75 Å². The molecule has 0 atom stereocenters. The summed E-state index contributed by atoms with van der Waals surface area (Å²) in [5.74, 6) is -1.64. The molecule has 0 spiro atoms. The fraction of sp³-hybridized carbons (Fsp3) is 0.278. The van der Waals surface area contributed by atoms with Gasteiger partial charge in [0.1, 0.15) is 11.6 Å². The van der Waals surface area contributed by atoms with E-state index in [1.165, 1.54) is 12.1 Å². The van der Waals surface area contributed by atoms with Gasteiger partial charge in [-0.1, -0.05) is 24.3 Å². The number of aryl methyl sites for hydroxylation is 1. The highest BCUT2D eigenvalue weighted by Gasteiger charge is 2.23. The summed E-state index contributed by atoms with van der Waals surface area (Å²) in [5.41, 5.74) is 8.58. The molecule has 23 heavy (non-hydrogen) atoms. The largest absolute Gasteiger partial charge is 0.496 e. The lowest BCUT2D eigenvalue weighted by molar-refractivity contribution is 0.0174. The Balaban J connectivity index is 2.11. The topological polar surface area (TPSA) is 47.6 Å². The average Bonchev–Trinajstić information content (AvgIpc) is 2.52. The van der Waals surface area contributed by atoms with E-state index in [0.29, 0.717) is 12.4 Å². The number of ether oxygens (including phenoxy) is 1. The van der Waals surface area contributed by atoms with Gasteiger partial charge in [-0.05, 0) is 36.2 Å². The Bertz CT molecular complexity index is 704. The lowest BCUT2D eigenvalue weighted by Gasteiger charge is -2.10. The molecule has 0 amide bonds. The second-order valence-corrected chi connectivity index (χ2v) is 5.47. The minimum Gasteiger partial charge on any atom is -0.496 e. The van der Waals surface area contributed by atoms with Crippen LogP contribution in [0.15, 0.2) is 47.5 Å². The van der Waals surface area contributed by atoms with E-state index in [9.17, 15) is 8.78 Å². The molecule has 5 heteroatoms. The summed E-state index contributed by atoms with van der Waals surface area (Å²) >= 11 is 0. The van der Waals surface area contributed by atoms with Gasteiger partial charge in [-0.15, -0.1) is 0 Å². The van der Waals surface area contributed by atoms with E-state index in [4.69, 9.17) is 10.5 Å². The lowest BCUT2D eigenvalue weighted by Crippen LogP contribution is -2.14. The fourth-order valence-electron chi connectivity index (χ4n) is 2.21. The highest BCUT2D eigenvalue weighted by molar-refractivity contribution is 5.97. The van der Waals surface area contributed by atoms with Crippen LogP contribution in [0.3, 0.4) is 0 Å². The highest BCUT2D eigenvalue weighted by atomic mass is 19.3. The molecular weight excluding hydrogens is 298 g/mol. The zero-order valence-corrected chi connectivity index (χ0v) is 13.4. The van der Waals surface area contributed by atoms with Crippen molar-refractivity contribution in [2.24, 2.45) is 10.7 Å². The van der Waals surface area contributed by atoms with Crippen LogP contribution in [-0.2, 0) is 12.5 Å². The van der Waals surface area contributed by atoms with Crippen LogP contribution in [0.2, 0.25) is 0 Å². The number of nitrogens with two attached hydrogens (primary N) is 1. The molecule has 0 bridgehead atoms. The Labute approximate surface area is 134 Å². The second kappa shape index (κ2) is 6.77. The molecule has 0 aliphatic heterocycles. The first kappa shape index (κ1) is 16.9. The maximum Gasteiger partial charge on any atom is 0.270 e. The minimum atomic E-state index is -2.83. The number of hydrogen-bond acceptors (Lipinski definition) is 2. The zero-order chi connectivity index (χ0) is 17.0. The van der Waals surface area contributed by atoms with Gasteiger partial charge >= 0.3 is 0 Å². The first-order chi connectivity index (χ1) is 10.8. The van der Waals surface area contributed by atoms with E-state index in [-0.39, 0.29) is 5.56 Å². The average molecular weight is 318 g/mol. The van der Waals surface area contributed by atoms with Crippen LogP contribution >= 0.6 is 0 Å². The van der Waals surface area contributed by atoms with Crippen molar-refractivity contribution < 1.29 is 13.5 Å². The summed E-state index contributed by atoms with van der Waals surface area (Å²) in [5, 5.41) is 0. The Morgan fingerprint density at radius 2 is 1.83 bits per heavy atom. The molecule has 0 aliphatic carbocycles. The van der Waals surface area contributed by atoms with E-state index in [1.807, 2.05) is 25.1 Å². The third kappa shape index (κ3) is 4.28. The summed E-state index contributed by atoms with van der Waals surface area (Å²) < 4.78 is 31.5. The first-order valence-electron chi connectivity index (χ1n) is 7.23. The molecular formula is C18H20F2N2O. The SMILES string of the molecule is COc1ccc(C(N)=NCc2ccc(C(C)(F)F)cc2)cc1C. The molecule has 0 saturated heterocycles. The monoisotopic (exact) mass is 318 g/mol. The second-order valence-electron chi connectivity index (χ2n) is 5.47. The van der Waals surface area contributed by atoms with Gasteiger partial charge in [0.05, 0.1) is 13.7 Å². The molecule has 0 aromatic heterocycles. The number of methoxy groups -OCH3 is 1. The van der Waals surface area contributed by atoms with Crippen molar-refractivity contribution in [3.63, 3.8) is 0 Å². The molecule has 2 rings (SSSR count). The molecule has 2 aromatic rings.